The van der Waals surface area contributed by atoms with Gasteiger partial charge < -0.3 is 0 Å². The van der Waals surface area contributed by atoms with E-state index in [4.69, 9.17) is 26.6 Å². The maximum Gasteiger partial charge on any atom is 0.265 e. The first-order valence-corrected chi connectivity index (χ1v) is 11.9. The molecular weight excluding hydrogens is 434 g/mol. The number of aromatic nitrogens is 5. The summed E-state index contributed by atoms with van der Waals surface area (Å²) in [5, 5.41) is 1.16. The van der Waals surface area contributed by atoms with Crippen LogP contribution in [0.25, 0.3) is 38.9 Å². The fourth-order valence-corrected chi connectivity index (χ4v) is 4.53. The highest BCUT2D eigenvalue weighted by molar-refractivity contribution is 6.30. The van der Waals surface area contributed by atoms with Gasteiger partial charge in [-0.1, -0.05) is 56.3 Å². The standard InChI is InChI=1S/C26H26ClN5O/c1-3-4-5-6-9-16-31-17(2)28-24-22(26(31)33)23-25(30-21-11-8-7-10-20(21)29-23)32(24)19-14-12-18(27)13-15-19/h7-8,10-15H,3-6,9,16H2,1-2H3. The van der Waals surface area contributed by atoms with Gasteiger partial charge >= 0.3 is 0 Å². The largest absolute Gasteiger partial charge is 0.296 e. The number of benzene rings is 2. The molecule has 5 aromatic rings. The van der Waals surface area contributed by atoms with Crippen LogP contribution in [0.1, 0.15) is 44.9 Å². The summed E-state index contributed by atoms with van der Waals surface area (Å²) in [4.78, 5) is 28.4. The van der Waals surface area contributed by atoms with Crippen molar-refractivity contribution in [1.82, 2.24) is 24.1 Å². The number of aryl methyl sites for hydroxylation is 1. The molecule has 0 aliphatic carbocycles. The van der Waals surface area contributed by atoms with E-state index in [9.17, 15) is 4.79 Å². The van der Waals surface area contributed by atoms with Crippen molar-refractivity contribution in [1.29, 1.82) is 0 Å². The number of fused-ring (bicyclic) bond motifs is 4. The van der Waals surface area contributed by atoms with Crippen LogP contribution in [0.2, 0.25) is 5.02 Å². The van der Waals surface area contributed by atoms with Crippen molar-refractivity contribution in [2.75, 3.05) is 0 Å². The van der Waals surface area contributed by atoms with E-state index in [1.807, 2.05) is 60.0 Å². The van der Waals surface area contributed by atoms with Gasteiger partial charge in [0.15, 0.2) is 11.3 Å². The molecule has 0 N–H and O–H groups in total. The molecule has 0 spiro atoms. The van der Waals surface area contributed by atoms with Crippen LogP contribution in [-0.2, 0) is 6.54 Å². The first-order valence-electron chi connectivity index (χ1n) is 11.5. The highest BCUT2D eigenvalue weighted by Gasteiger charge is 2.22. The zero-order valence-corrected chi connectivity index (χ0v) is 19.6. The van der Waals surface area contributed by atoms with Crippen LogP contribution in [0, 0.1) is 6.92 Å². The molecule has 3 aromatic heterocycles. The van der Waals surface area contributed by atoms with Crippen molar-refractivity contribution in [2.45, 2.75) is 52.5 Å². The average molecular weight is 460 g/mol. The van der Waals surface area contributed by atoms with Gasteiger partial charge in [-0.3, -0.25) is 13.9 Å². The molecule has 3 heterocycles. The molecule has 5 rings (SSSR count). The van der Waals surface area contributed by atoms with Gasteiger partial charge in [-0.25, -0.2) is 15.0 Å². The lowest BCUT2D eigenvalue weighted by Crippen LogP contribution is -2.24. The normalized spacial score (nSPS) is 11.7. The molecule has 0 atom stereocenters. The summed E-state index contributed by atoms with van der Waals surface area (Å²) < 4.78 is 3.71. The van der Waals surface area contributed by atoms with Gasteiger partial charge in [0.1, 0.15) is 16.7 Å². The molecule has 7 heteroatoms. The fourth-order valence-electron chi connectivity index (χ4n) is 4.40. The highest BCUT2D eigenvalue weighted by Crippen LogP contribution is 2.29. The van der Waals surface area contributed by atoms with Gasteiger partial charge in [0.05, 0.1) is 11.0 Å². The van der Waals surface area contributed by atoms with Crippen LogP contribution in [0.15, 0.2) is 53.3 Å². The van der Waals surface area contributed by atoms with E-state index in [0.717, 1.165) is 29.6 Å². The van der Waals surface area contributed by atoms with Crippen molar-refractivity contribution in [3.63, 3.8) is 0 Å². The maximum absolute atomic E-state index is 13.7. The van der Waals surface area contributed by atoms with Crippen LogP contribution in [0.5, 0.6) is 0 Å². The van der Waals surface area contributed by atoms with Crippen molar-refractivity contribution < 1.29 is 0 Å². The zero-order valence-electron chi connectivity index (χ0n) is 18.9. The number of nitrogens with zero attached hydrogens (tertiary/aromatic N) is 5. The number of halogens is 1. The smallest absolute Gasteiger partial charge is 0.265 e. The van der Waals surface area contributed by atoms with Gasteiger partial charge in [-0.05, 0) is 49.7 Å². The van der Waals surface area contributed by atoms with E-state index >= 15 is 0 Å². The molecule has 0 amide bonds. The van der Waals surface area contributed by atoms with E-state index in [0.29, 0.717) is 39.6 Å². The van der Waals surface area contributed by atoms with E-state index in [-0.39, 0.29) is 5.56 Å². The lowest BCUT2D eigenvalue weighted by molar-refractivity contribution is 0.546. The van der Waals surface area contributed by atoms with Crippen molar-refractivity contribution in [3.8, 4) is 5.69 Å². The van der Waals surface area contributed by atoms with Crippen LogP contribution in [0.4, 0.5) is 0 Å². The van der Waals surface area contributed by atoms with Gasteiger partial charge in [-0.2, -0.15) is 0 Å². The third kappa shape index (κ3) is 3.89. The van der Waals surface area contributed by atoms with Gasteiger partial charge in [-0.15, -0.1) is 0 Å². The van der Waals surface area contributed by atoms with E-state index in [1.54, 1.807) is 4.57 Å². The second kappa shape index (κ2) is 8.94. The van der Waals surface area contributed by atoms with Crippen LogP contribution in [-0.4, -0.2) is 24.1 Å². The Morgan fingerprint density at radius 1 is 0.848 bits per heavy atom. The lowest BCUT2D eigenvalue weighted by Gasteiger charge is -2.11. The van der Waals surface area contributed by atoms with Crippen LogP contribution in [0.3, 0.4) is 0 Å². The Bertz CT molecular complexity index is 1520. The lowest BCUT2D eigenvalue weighted by atomic mass is 10.1. The Morgan fingerprint density at radius 3 is 2.27 bits per heavy atom. The first-order chi connectivity index (χ1) is 16.1. The number of rotatable bonds is 7. The van der Waals surface area contributed by atoms with Gasteiger partial charge in [0, 0.05) is 17.3 Å². The molecule has 0 saturated carbocycles. The van der Waals surface area contributed by atoms with E-state index in [2.05, 4.69) is 6.92 Å². The van der Waals surface area contributed by atoms with E-state index in [1.165, 1.54) is 19.3 Å². The van der Waals surface area contributed by atoms with Crippen LogP contribution < -0.4 is 5.56 Å². The molecule has 0 aliphatic heterocycles. The highest BCUT2D eigenvalue weighted by atomic mass is 35.5. The van der Waals surface area contributed by atoms with Crippen molar-refractivity contribution >= 4 is 44.8 Å². The second-order valence-electron chi connectivity index (χ2n) is 8.42. The predicted octanol–water partition coefficient (Wildman–Crippen LogP) is 6.22. The van der Waals surface area contributed by atoms with Gasteiger partial charge in [0.2, 0.25) is 0 Å². The molecule has 0 fully saturated rings. The summed E-state index contributed by atoms with van der Waals surface area (Å²) in [6.07, 6.45) is 5.67. The Balaban J connectivity index is 1.76. The van der Waals surface area contributed by atoms with E-state index < -0.39 is 0 Å². The molecule has 0 aliphatic rings. The number of para-hydroxylation sites is 2. The SMILES string of the molecule is CCCCCCCn1c(C)nc2c(c1=O)c1nc3ccccc3nc1n2-c1ccc(Cl)cc1. The summed E-state index contributed by atoms with van der Waals surface area (Å²) in [5.41, 5.74) is 4.09. The number of hydrogen-bond acceptors (Lipinski definition) is 4. The molecular formula is C26H26ClN5O. The quantitative estimate of drug-likeness (QED) is 0.271. The first kappa shape index (κ1) is 21.6. The topological polar surface area (TPSA) is 65.6 Å². The Kier molecular flexibility index (Phi) is 5.85. The number of hydrogen-bond donors (Lipinski definition) is 0. The Labute approximate surface area is 196 Å². The second-order valence-corrected chi connectivity index (χ2v) is 8.86. The monoisotopic (exact) mass is 459 g/mol. The molecule has 0 unspecified atom stereocenters. The minimum absolute atomic E-state index is 0.0599. The summed E-state index contributed by atoms with van der Waals surface area (Å²) in [5.74, 6) is 0.700. The summed E-state index contributed by atoms with van der Waals surface area (Å²) in [6, 6.07) is 15.2. The predicted molar refractivity (Wildman–Crippen MR) is 134 cm³/mol. The van der Waals surface area contributed by atoms with Gasteiger partial charge in [0.25, 0.3) is 5.56 Å². The third-order valence-corrected chi connectivity index (χ3v) is 6.38. The Morgan fingerprint density at radius 2 is 1.55 bits per heavy atom. The summed E-state index contributed by atoms with van der Waals surface area (Å²) in [7, 11) is 0. The average Bonchev–Trinajstić information content (AvgIpc) is 3.12. The molecule has 6 nitrogen and oxygen atoms in total. The molecule has 168 valence electrons. The molecule has 0 bridgehead atoms. The zero-order chi connectivity index (χ0) is 22.9. The maximum atomic E-state index is 13.7. The van der Waals surface area contributed by atoms with Crippen molar-refractivity contribution in [3.05, 3.63) is 69.7 Å². The molecule has 33 heavy (non-hydrogen) atoms. The van der Waals surface area contributed by atoms with Crippen LogP contribution >= 0.6 is 11.6 Å². The fraction of sp³-hybridized carbons (Fsp3) is 0.308. The minimum Gasteiger partial charge on any atom is -0.296 e. The molecule has 2 aromatic carbocycles. The minimum atomic E-state index is -0.0599. The number of unbranched alkanes of at least 4 members (excludes halogenated alkanes) is 4. The summed E-state index contributed by atoms with van der Waals surface area (Å²) in [6.45, 7) is 4.76. The molecule has 0 radical (unpaired) electrons. The van der Waals surface area contributed by atoms with Crippen molar-refractivity contribution in [2.24, 2.45) is 0 Å². The summed E-state index contributed by atoms with van der Waals surface area (Å²) >= 11 is 6.13. The Hall–Kier alpha value is -3.25. The molecule has 0 saturated heterocycles. The third-order valence-electron chi connectivity index (χ3n) is 6.12.